The molecule has 0 bridgehead atoms. The lowest BCUT2D eigenvalue weighted by atomic mass is 10.2. The number of rotatable bonds is 5. The normalized spacial score (nSPS) is 13.7. The first-order chi connectivity index (χ1) is 13.7. The van der Waals surface area contributed by atoms with Gasteiger partial charge >= 0.3 is 6.03 Å². The van der Waals surface area contributed by atoms with Gasteiger partial charge in [-0.1, -0.05) is 54.1 Å². The summed E-state index contributed by atoms with van der Waals surface area (Å²) in [4.78, 5) is 22.7. The van der Waals surface area contributed by atoms with Crippen LogP contribution in [-0.4, -0.2) is 40.1 Å². The Kier molecular flexibility index (Phi) is 5.39. The van der Waals surface area contributed by atoms with Crippen LogP contribution in [0.4, 0.5) is 4.79 Å². The number of aromatic nitrogens is 2. The summed E-state index contributed by atoms with van der Waals surface area (Å²) in [5, 5.41) is 3.43. The van der Waals surface area contributed by atoms with Crippen LogP contribution in [-0.2, 0) is 6.54 Å². The van der Waals surface area contributed by atoms with Crippen molar-refractivity contribution in [3.8, 4) is 17.0 Å². The molecule has 1 aromatic heterocycles. The smallest absolute Gasteiger partial charge is 0.317 e. The Bertz CT molecular complexity index is 944. The van der Waals surface area contributed by atoms with Gasteiger partial charge in [-0.05, 0) is 12.1 Å². The van der Waals surface area contributed by atoms with E-state index in [1.165, 1.54) is 0 Å². The van der Waals surface area contributed by atoms with Gasteiger partial charge in [-0.25, -0.2) is 4.79 Å². The largest absolute Gasteiger partial charge is 0.485 e. The molecule has 0 atom stereocenters. The lowest BCUT2D eigenvalue weighted by molar-refractivity contribution is 0.0444. The summed E-state index contributed by atoms with van der Waals surface area (Å²) in [5.74, 6) is 0.642. The number of benzene rings is 2. The average Bonchev–Trinajstić information content (AvgIpc) is 2.71. The predicted octanol–water partition coefficient (Wildman–Crippen LogP) is 3.77. The van der Waals surface area contributed by atoms with Gasteiger partial charge in [0.25, 0.3) is 0 Å². The van der Waals surface area contributed by atoms with Crippen LogP contribution in [0.25, 0.3) is 11.3 Å². The second kappa shape index (κ2) is 8.27. The van der Waals surface area contributed by atoms with E-state index in [-0.39, 0.29) is 12.1 Å². The Labute approximate surface area is 168 Å². The maximum atomic E-state index is 12.2. The second-order valence-electron chi connectivity index (χ2n) is 6.49. The molecule has 142 valence electrons. The molecule has 1 aliphatic heterocycles. The van der Waals surface area contributed by atoms with Crippen molar-refractivity contribution in [3.63, 3.8) is 0 Å². The van der Waals surface area contributed by atoms with E-state index in [1.54, 1.807) is 23.4 Å². The van der Waals surface area contributed by atoms with E-state index in [2.05, 4.69) is 15.3 Å². The summed E-state index contributed by atoms with van der Waals surface area (Å²) in [6, 6.07) is 17.0. The molecule has 2 amide bonds. The highest BCUT2D eigenvalue weighted by Crippen LogP contribution is 2.26. The molecule has 0 aliphatic carbocycles. The van der Waals surface area contributed by atoms with Gasteiger partial charge in [-0.3, -0.25) is 9.97 Å². The van der Waals surface area contributed by atoms with Gasteiger partial charge in [-0.15, -0.1) is 0 Å². The summed E-state index contributed by atoms with van der Waals surface area (Å²) in [7, 11) is 0. The van der Waals surface area contributed by atoms with E-state index >= 15 is 0 Å². The van der Waals surface area contributed by atoms with Crippen molar-refractivity contribution in [1.29, 1.82) is 0 Å². The van der Waals surface area contributed by atoms with Crippen LogP contribution in [0.15, 0.2) is 67.0 Å². The van der Waals surface area contributed by atoms with Crippen LogP contribution in [0.5, 0.6) is 5.75 Å². The van der Waals surface area contributed by atoms with Crippen molar-refractivity contribution in [3.05, 3.63) is 77.7 Å². The minimum absolute atomic E-state index is 0.0457. The molecule has 7 heteroatoms. The summed E-state index contributed by atoms with van der Waals surface area (Å²) in [6.45, 7) is 1.37. The first-order valence-electron chi connectivity index (χ1n) is 8.99. The third-order valence-corrected chi connectivity index (χ3v) is 4.77. The zero-order chi connectivity index (χ0) is 19.3. The highest BCUT2D eigenvalue weighted by molar-refractivity contribution is 6.32. The van der Waals surface area contributed by atoms with Crippen molar-refractivity contribution >= 4 is 17.6 Å². The van der Waals surface area contributed by atoms with Crippen LogP contribution >= 0.6 is 11.6 Å². The summed E-state index contributed by atoms with van der Waals surface area (Å²) >= 11 is 6.09. The van der Waals surface area contributed by atoms with Gasteiger partial charge in [0.05, 0.1) is 48.4 Å². The maximum Gasteiger partial charge on any atom is 0.317 e. The molecule has 0 spiro atoms. The molecule has 2 heterocycles. The van der Waals surface area contributed by atoms with Crippen molar-refractivity contribution < 1.29 is 9.53 Å². The molecule has 0 saturated carbocycles. The number of likely N-dealkylation sites (tertiary alicyclic amines) is 1. The third-order valence-electron chi connectivity index (χ3n) is 4.46. The highest BCUT2D eigenvalue weighted by Gasteiger charge is 2.32. The summed E-state index contributed by atoms with van der Waals surface area (Å²) < 4.78 is 5.80. The van der Waals surface area contributed by atoms with Gasteiger partial charge < -0.3 is 15.0 Å². The van der Waals surface area contributed by atoms with Gasteiger partial charge in [0.15, 0.2) is 0 Å². The van der Waals surface area contributed by atoms with Crippen LogP contribution < -0.4 is 10.1 Å². The molecule has 0 unspecified atom stereocenters. The topological polar surface area (TPSA) is 67.4 Å². The number of para-hydroxylation sites is 1. The van der Waals surface area contributed by atoms with Crippen LogP contribution in [0, 0.1) is 0 Å². The summed E-state index contributed by atoms with van der Waals surface area (Å²) in [5.41, 5.74) is 2.52. The Morgan fingerprint density at radius 3 is 2.54 bits per heavy atom. The molecule has 6 nitrogen and oxygen atoms in total. The summed E-state index contributed by atoms with van der Waals surface area (Å²) in [6.07, 6.45) is 3.35. The number of halogens is 1. The van der Waals surface area contributed by atoms with Gasteiger partial charge in [0.2, 0.25) is 0 Å². The number of ether oxygens (including phenoxy) is 1. The Morgan fingerprint density at radius 2 is 1.82 bits per heavy atom. The fourth-order valence-corrected chi connectivity index (χ4v) is 3.06. The molecule has 28 heavy (non-hydrogen) atoms. The van der Waals surface area contributed by atoms with Gasteiger partial charge in [-0.2, -0.15) is 0 Å². The molecule has 1 saturated heterocycles. The lowest BCUT2D eigenvalue weighted by Crippen LogP contribution is -2.58. The third kappa shape index (κ3) is 4.23. The number of amides is 2. The van der Waals surface area contributed by atoms with Gasteiger partial charge in [0.1, 0.15) is 11.9 Å². The van der Waals surface area contributed by atoms with Crippen molar-refractivity contribution in [2.75, 3.05) is 13.1 Å². The van der Waals surface area contributed by atoms with Crippen molar-refractivity contribution in [2.24, 2.45) is 0 Å². The zero-order valence-electron chi connectivity index (χ0n) is 15.1. The molecule has 3 aromatic rings. The maximum absolute atomic E-state index is 12.2. The number of hydrogen-bond donors (Lipinski definition) is 1. The molecule has 2 aromatic carbocycles. The van der Waals surface area contributed by atoms with Crippen molar-refractivity contribution in [2.45, 2.75) is 12.6 Å². The van der Waals surface area contributed by atoms with Crippen LogP contribution in [0.2, 0.25) is 5.02 Å². The number of carbonyl (C=O) groups excluding carboxylic acids is 1. The molecular formula is C21H19ClN4O2. The fourth-order valence-electron chi connectivity index (χ4n) is 2.88. The predicted molar refractivity (Wildman–Crippen MR) is 107 cm³/mol. The Balaban J connectivity index is 1.24. The first kappa shape index (κ1) is 18.3. The second-order valence-corrected chi connectivity index (χ2v) is 6.90. The van der Waals surface area contributed by atoms with Crippen LogP contribution in [0.3, 0.4) is 0 Å². The van der Waals surface area contributed by atoms with E-state index < -0.39 is 0 Å². The van der Waals surface area contributed by atoms with E-state index in [1.807, 2.05) is 48.5 Å². The SMILES string of the molecule is O=C(NCc1cnc(-c2ccccc2)cn1)N1CC(Oc2ccccc2Cl)C1. The average molecular weight is 395 g/mol. The first-order valence-corrected chi connectivity index (χ1v) is 9.37. The van der Waals surface area contributed by atoms with Crippen LogP contribution in [0.1, 0.15) is 5.69 Å². The number of nitrogens with zero attached hydrogens (tertiary/aromatic N) is 3. The molecule has 0 radical (unpaired) electrons. The van der Waals surface area contributed by atoms with E-state index in [0.29, 0.717) is 36.1 Å². The van der Waals surface area contributed by atoms with E-state index in [0.717, 1.165) is 11.3 Å². The standard InChI is InChI=1S/C21H19ClN4O2/c22-18-8-4-5-9-20(18)28-17-13-26(14-17)21(27)25-11-16-10-24-19(12-23-16)15-6-2-1-3-7-15/h1-10,12,17H,11,13-14H2,(H,25,27). The lowest BCUT2D eigenvalue weighted by Gasteiger charge is -2.38. The minimum atomic E-state index is -0.145. The number of urea groups is 1. The quantitative estimate of drug-likeness (QED) is 0.715. The fraction of sp³-hybridized carbons (Fsp3) is 0.190. The Hall–Kier alpha value is -3.12. The molecule has 4 rings (SSSR count). The van der Waals surface area contributed by atoms with E-state index in [9.17, 15) is 4.79 Å². The molecule has 1 aliphatic rings. The van der Waals surface area contributed by atoms with Crippen molar-refractivity contribution in [1.82, 2.24) is 20.2 Å². The number of carbonyl (C=O) groups is 1. The molecule has 1 N–H and O–H groups in total. The number of nitrogens with one attached hydrogen (secondary N) is 1. The molecular weight excluding hydrogens is 376 g/mol. The minimum Gasteiger partial charge on any atom is -0.485 e. The zero-order valence-corrected chi connectivity index (χ0v) is 15.8. The monoisotopic (exact) mass is 394 g/mol. The highest BCUT2D eigenvalue weighted by atomic mass is 35.5. The molecule has 1 fully saturated rings. The Morgan fingerprint density at radius 1 is 1.07 bits per heavy atom. The van der Waals surface area contributed by atoms with Gasteiger partial charge in [0, 0.05) is 5.56 Å². The van der Waals surface area contributed by atoms with E-state index in [4.69, 9.17) is 16.3 Å². The number of hydrogen-bond acceptors (Lipinski definition) is 4.